The third kappa shape index (κ3) is 4.69. The minimum Gasteiger partial charge on any atom is -0.374 e. The predicted molar refractivity (Wildman–Crippen MR) is 130 cm³/mol. The van der Waals surface area contributed by atoms with E-state index in [4.69, 9.17) is 32.9 Å². The first-order valence-corrected chi connectivity index (χ1v) is 12.3. The van der Waals surface area contributed by atoms with Crippen molar-refractivity contribution >= 4 is 56.7 Å². The third-order valence-corrected chi connectivity index (χ3v) is 7.88. The fourth-order valence-corrected chi connectivity index (χ4v) is 4.72. The van der Waals surface area contributed by atoms with Gasteiger partial charge in [0.25, 0.3) is 17.4 Å². The second kappa shape index (κ2) is 9.85. The molecule has 2 aliphatic rings. The molecule has 2 atom stereocenters. The van der Waals surface area contributed by atoms with E-state index in [0.29, 0.717) is 17.7 Å². The molecule has 0 radical (unpaired) electrons. The van der Waals surface area contributed by atoms with Gasteiger partial charge in [-0.1, -0.05) is 34.4 Å². The summed E-state index contributed by atoms with van der Waals surface area (Å²) in [7, 11) is 0. The van der Waals surface area contributed by atoms with Crippen LogP contribution >= 0.6 is 39.1 Å². The smallest absolute Gasteiger partial charge is 0.374 e. The molecular weight excluding hydrogens is 590 g/mol. The van der Waals surface area contributed by atoms with Crippen molar-refractivity contribution in [2.75, 3.05) is 13.2 Å². The zero-order valence-electron chi connectivity index (χ0n) is 18.9. The number of hydroxylamine groups is 2. The molecule has 7 nitrogen and oxygen atoms in total. The van der Waals surface area contributed by atoms with Crippen LogP contribution in [0.5, 0.6) is 0 Å². The maximum absolute atomic E-state index is 14.3. The van der Waals surface area contributed by atoms with Gasteiger partial charge in [-0.15, -0.1) is 0 Å². The van der Waals surface area contributed by atoms with Crippen LogP contribution in [0.3, 0.4) is 0 Å². The lowest BCUT2D eigenvalue weighted by Crippen LogP contribution is -2.43. The van der Waals surface area contributed by atoms with Gasteiger partial charge >= 0.3 is 6.18 Å². The number of hydrogen-bond donors (Lipinski definition) is 1. The van der Waals surface area contributed by atoms with E-state index in [-0.39, 0.29) is 43.9 Å². The van der Waals surface area contributed by atoms with Crippen LogP contribution in [0.15, 0.2) is 40.0 Å². The average molecular weight is 609 g/mol. The van der Waals surface area contributed by atoms with E-state index in [1.807, 2.05) is 0 Å². The number of hydrogen-bond acceptors (Lipinski definition) is 5. The standard InChI is InChI=1S/C23H19BrCl2F3N3O4/c1-3-32-21(34)18(10-35-32)30-20(33)14-5-4-12(6-11(14)2)17-9-22(36-31-17,23(27,28)29)13-7-15(25)19(24)16(26)8-13/h4-8,18H,3,9-10H2,1-2H3,(H,30,33)/t18-,22?/m1/s1. The molecule has 4 rings (SSSR count). The largest absolute Gasteiger partial charge is 0.435 e. The highest BCUT2D eigenvalue weighted by atomic mass is 79.9. The molecule has 36 heavy (non-hydrogen) atoms. The highest BCUT2D eigenvalue weighted by Crippen LogP contribution is 2.50. The molecule has 1 unspecified atom stereocenters. The molecule has 2 aromatic carbocycles. The lowest BCUT2D eigenvalue weighted by atomic mass is 9.86. The fourth-order valence-electron chi connectivity index (χ4n) is 4.00. The quantitative estimate of drug-likeness (QED) is 0.452. The molecule has 0 saturated carbocycles. The number of oxime groups is 1. The Labute approximate surface area is 222 Å². The van der Waals surface area contributed by atoms with Crippen molar-refractivity contribution in [3.05, 3.63) is 67.1 Å². The van der Waals surface area contributed by atoms with Crippen molar-refractivity contribution in [2.45, 2.75) is 38.1 Å². The Morgan fingerprint density at radius 3 is 2.50 bits per heavy atom. The number of amides is 2. The summed E-state index contributed by atoms with van der Waals surface area (Å²) in [6, 6.07) is 5.92. The molecular formula is C23H19BrCl2F3N3O4. The van der Waals surface area contributed by atoms with Crippen molar-refractivity contribution in [1.82, 2.24) is 10.4 Å². The van der Waals surface area contributed by atoms with Gasteiger partial charge in [0.2, 0.25) is 0 Å². The Hall–Kier alpha value is -2.34. The van der Waals surface area contributed by atoms with Gasteiger partial charge < -0.3 is 10.2 Å². The number of carbonyl (C=O) groups is 2. The molecule has 2 aliphatic heterocycles. The van der Waals surface area contributed by atoms with Crippen LogP contribution in [0.2, 0.25) is 10.0 Å². The van der Waals surface area contributed by atoms with E-state index in [1.165, 1.54) is 18.2 Å². The molecule has 0 bridgehead atoms. The topological polar surface area (TPSA) is 80.2 Å². The molecule has 0 aliphatic carbocycles. The molecule has 2 aromatic rings. The summed E-state index contributed by atoms with van der Waals surface area (Å²) in [6.07, 6.45) is -5.47. The lowest BCUT2D eigenvalue weighted by Gasteiger charge is -2.30. The van der Waals surface area contributed by atoms with E-state index in [1.54, 1.807) is 13.8 Å². The summed E-state index contributed by atoms with van der Waals surface area (Å²) < 4.78 is 43.1. The van der Waals surface area contributed by atoms with Gasteiger partial charge in [-0.05, 0) is 65.2 Å². The molecule has 1 saturated heterocycles. The number of likely N-dealkylation sites (N-methyl/N-ethyl adjacent to an activating group) is 1. The van der Waals surface area contributed by atoms with Crippen molar-refractivity contribution in [1.29, 1.82) is 0 Å². The number of nitrogens with zero attached hydrogens (tertiary/aromatic N) is 2. The zero-order valence-corrected chi connectivity index (χ0v) is 22.0. The summed E-state index contributed by atoms with van der Waals surface area (Å²) in [6.45, 7) is 3.74. The molecule has 0 spiro atoms. The van der Waals surface area contributed by atoms with E-state index in [0.717, 1.165) is 17.2 Å². The van der Waals surface area contributed by atoms with E-state index < -0.39 is 30.1 Å². The molecule has 1 fully saturated rings. The van der Waals surface area contributed by atoms with Crippen LogP contribution < -0.4 is 5.32 Å². The Morgan fingerprint density at radius 2 is 1.94 bits per heavy atom. The first kappa shape index (κ1) is 26.7. The Bertz CT molecular complexity index is 1250. The van der Waals surface area contributed by atoms with Gasteiger partial charge in [-0.3, -0.25) is 14.4 Å². The number of aryl methyl sites for hydroxylation is 1. The summed E-state index contributed by atoms with van der Waals surface area (Å²) in [4.78, 5) is 35.2. The Balaban J connectivity index is 1.57. The number of carbonyl (C=O) groups excluding carboxylic acids is 2. The van der Waals surface area contributed by atoms with Crippen molar-refractivity contribution in [2.24, 2.45) is 5.16 Å². The first-order chi connectivity index (χ1) is 16.9. The van der Waals surface area contributed by atoms with Crippen LogP contribution in [-0.2, 0) is 20.1 Å². The summed E-state index contributed by atoms with van der Waals surface area (Å²) in [5.74, 6) is -0.860. The van der Waals surface area contributed by atoms with Crippen molar-refractivity contribution < 1.29 is 32.4 Å². The first-order valence-electron chi connectivity index (χ1n) is 10.7. The van der Waals surface area contributed by atoms with E-state index >= 15 is 0 Å². The number of alkyl halides is 3. The Kier molecular flexibility index (Phi) is 7.31. The average Bonchev–Trinajstić information content (AvgIpc) is 3.42. The maximum Gasteiger partial charge on any atom is 0.435 e. The minimum atomic E-state index is -4.84. The maximum atomic E-state index is 14.3. The third-order valence-electron chi connectivity index (χ3n) is 5.97. The van der Waals surface area contributed by atoms with Gasteiger partial charge in [0.15, 0.2) is 0 Å². The van der Waals surface area contributed by atoms with Gasteiger partial charge in [-0.25, -0.2) is 5.06 Å². The van der Waals surface area contributed by atoms with Crippen LogP contribution in [0.1, 0.15) is 40.4 Å². The summed E-state index contributed by atoms with van der Waals surface area (Å²) in [5, 5.41) is 7.52. The molecule has 2 heterocycles. The number of rotatable bonds is 5. The molecule has 13 heteroatoms. The zero-order chi connectivity index (χ0) is 26.4. The number of halogens is 6. The van der Waals surface area contributed by atoms with Crippen LogP contribution in [0.4, 0.5) is 13.2 Å². The second-order valence-electron chi connectivity index (χ2n) is 8.27. The summed E-state index contributed by atoms with van der Waals surface area (Å²) >= 11 is 15.2. The van der Waals surface area contributed by atoms with E-state index in [9.17, 15) is 22.8 Å². The second-order valence-corrected chi connectivity index (χ2v) is 9.88. The minimum absolute atomic E-state index is 0.00223. The molecule has 2 amide bonds. The molecule has 192 valence electrons. The van der Waals surface area contributed by atoms with Crippen molar-refractivity contribution in [3.8, 4) is 0 Å². The monoisotopic (exact) mass is 607 g/mol. The summed E-state index contributed by atoms with van der Waals surface area (Å²) in [5.41, 5.74) is -1.95. The van der Waals surface area contributed by atoms with Crippen LogP contribution in [0.25, 0.3) is 0 Å². The van der Waals surface area contributed by atoms with Crippen LogP contribution in [-0.4, -0.2) is 48.0 Å². The normalized spacial score (nSPS) is 22.0. The SMILES string of the molecule is CCN1OC[C@@H](NC(=O)c2ccc(C3=NOC(c4cc(Cl)c(Br)c(Cl)c4)(C(F)(F)F)C3)cc2C)C1=O. The van der Waals surface area contributed by atoms with Gasteiger partial charge in [0.1, 0.15) is 12.6 Å². The Morgan fingerprint density at radius 1 is 1.28 bits per heavy atom. The van der Waals surface area contributed by atoms with Gasteiger partial charge in [0, 0.05) is 24.1 Å². The van der Waals surface area contributed by atoms with Gasteiger partial charge in [-0.2, -0.15) is 13.2 Å². The molecule has 1 N–H and O–H groups in total. The number of nitrogens with one attached hydrogen (secondary N) is 1. The number of benzene rings is 2. The predicted octanol–water partition coefficient (Wildman–Crippen LogP) is 5.54. The highest BCUT2D eigenvalue weighted by molar-refractivity contribution is 9.10. The highest BCUT2D eigenvalue weighted by Gasteiger charge is 2.62. The van der Waals surface area contributed by atoms with E-state index in [2.05, 4.69) is 26.4 Å². The lowest BCUT2D eigenvalue weighted by molar-refractivity contribution is -0.275. The van der Waals surface area contributed by atoms with Crippen molar-refractivity contribution in [3.63, 3.8) is 0 Å². The fraction of sp³-hybridized carbons (Fsp3) is 0.348. The van der Waals surface area contributed by atoms with Crippen LogP contribution in [0, 0.1) is 6.92 Å². The molecule has 0 aromatic heterocycles. The van der Waals surface area contributed by atoms with Gasteiger partial charge in [0.05, 0.1) is 20.2 Å².